The highest BCUT2D eigenvalue weighted by Gasteiger charge is 2.13. The van der Waals surface area contributed by atoms with Gasteiger partial charge in [0.05, 0.1) is 5.69 Å². The highest BCUT2D eigenvalue weighted by Crippen LogP contribution is 2.17. The molecular weight excluding hydrogens is 258 g/mol. The number of nitrogens with zero attached hydrogens (tertiary/aromatic N) is 2. The number of hydrogen-bond acceptors (Lipinski definition) is 2. The number of benzene rings is 1. The normalized spacial score (nSPS) is 12.8. The van der Waals surface area contributed by atoms with Gasteiger partial charge < -0.3 is 5.32 Å². The molecular formula is C18H27N3. The summed E-state index contributed by atoms with van der Waals surface area (Å²) < 4.78 is 2.04. The van der Waals surface area contributed by atoms with Crippen molar-refractivity contribution in [2.24, 2.45) is 5.92 Å². The van der Waals surface area contributed by atoms with E-state index >= 15 is 0 Å². The molecule has 0 aliphatic heterocycles. The minimum Gasteiger partial charge on any atom is -0.319 e. The van der Waals surface area contributed by atoms with E-state index in [0.29, 0.717) is 12.0 Å². The molecule has 1 unspecified atom stereocenters. The van der Waals surface area contributed by atoms with E-state index in [1.807, 2.05) is 11.7 Å². The lowest BCUT2D eigenvalue weighted by Gasteiger charge is -2.17. The maximum absolute atomic E-state index is 4.68. The Morgan fingerprint density at radius 1 is 1.14 bits per heavy atom. The van der Waals surface area contributed by atoms with Crippen LogP contribution in [0.4, 0.5) is 0 Å². The molecule has 0 aliphatic rings. The van der Waals surface area contributed by atoms with Crippen LogP contribution in [0, 0.1) is 12.8 Å². The van der Waals surface area contributed by atoms with E-state index in [0.717, 1.165) is 19.4 Å². The fourth-order valence-electron chi connectivity index (χ4n) is 2.72. The van der Waals surface area contributed by atoms with E-state index in [1.54, 1.807) is 0 Å². The summed E-state index contributed by atoms with van der Waals surface area (Å²) >= 11 is 0. The first-order valence-corrected chi connectivity index (χ1v) is 7.83. The van der Waals surface area contributed by atoms with Crippen molar-refractivity contribution in [3.05, 3.63) is 53.3 Å². The van der Waals surface area contributed by atoms with E-state index < -0.39 is 0 Å². The molecule has 0 bridgehead atoms. The van der Waals surface area contributed by atoms with Gasteiger partial charge >= 0.3 is 0 Å². The largest absolute Gasteiger partial charge is 0.319 e. The SMILES string of the molecule is CNCC(Cc1ccn(C(C)C)n1)Cc1ccccc1C. The summed E-state index contributed by atoms with van der Waals surface area (Å²) in [5, 5.41) is 8.01. The van der Waals surface area contributed by atoms with Crippen LogP contribution >= 0.6 is 0 Å². The first kappa shape index (κ1) is 15.8. The Kier molecular flexibility index (Phi) is 5.57. The summed E-state index contributed by atoms with van der Waals surface area (Å²) in [4.78, 5) is 0. The zero-order valence-electron chi connectivity index (χ0n) is 13.6. The van der Waals surface area contributed by atoms with E-state index in [9.17, 15) is 0 Å². The summed E-state index contributed by atoms with van der Waals surface area (Å²) in [6.07, 6.45) is 4.21. The molecule has 3 heteroatoms. The van der Waals surface area contributed by atoms with E-state index in [1.165, 1.54) is 16.8 Å². The number of aryl methyl sites for hydroxylation is 1. The fraction of sp³-hybridized carbons (Fsp3) is 0.500. The van der Waals surface area contributed by atoms with Crippen LogP contribution in [0.15, 0.2) is 36.5 Å². The van der Waals surface area contributed by atoms with Crippen molar-refractivity contribution >= 4 is 0 Å². The quantitative estimate of drug-likeness (QED) is 0.845. The lowest BCUT2D eigenvalue weighted by molar-refractivity contribution is 0.473. The molecule has 1 atom stereocenters. The van der Waals surface area contributed by atoms with Gasteiger partial charge in [0.2, 0.25) is 0 Å². The lowest BCUT2D eigenvalue weighted by atomic mass is 9.92. The monoisotopic (exact) mass is 285 g/mol. The van der Waals surface area contributed by atoms with Crippen molar-refractivity contribution in [1.29, 1.82) is 0 Å². The van der Waals surface area contributed by atoms with Crippen LogP contribution in [0.5, 0.6) is 0 Å². The van der Waals surface area contributed by atoms with Gasteiger partial charge in [-0.1, -0.05) is 24.3 Å². The second-order valence-corrected chi connectivity index (χ2v) is 6.14. The van der Waals surface area contributed by atoms with Gasteiger partial charge in [-0.2, -0.15) is 5.10 Å². The number of rotatable bonds is 7. The second kappa shape index (κ2) is 7.41. The molecule has 0 radical (unpaired) electrons. The van der Waals surface area contributed by atoms with Crippen molar-refractivity contribution in [2.45, 2.75) is 39.7 Å². The molecule has 3 nitrogen and oxygen atoms in total. The summed E-state index contributed by atoms with van der Waals surface area (Å²) in [6.45, 7) is 7.53. The van der Waals surface area contributed by atoms with Gasteiger partial charge in [0.15, 0.2) is 0 Å². The fourth-order valence-corrected chi connectivity index (χ4v) is 2.72. The Morgan fingerprint density at radius 2 is 1.90 bits per heavy atom. The van der Waals surface area contributed by atoms with Crippen molar-refractivity contribution in [3.63, 3.8) is 0 Å². The molecule has 1 N–H and O–H groups in total. The predicted molar refractivity (Wildman–Crippen MR) is 88.6 cm³/mol. The summed E-state index contributed by atoms with van der Waals surface area (Å²) in [5.41, 5.74) is 4.02. The highest BCUT2D eigenvalue weighted by atomic mass is 15.3. The Balaban J connectivity index is 2.06. The zero-order valence-corrected chi connectivity index (χ0v) is 13.6. The molecule has 114 valence electrons. The van der Waals surface area contributed by atoms with Gasteiger partial charge in [0.25, 0.3) is 0 Å². The highest BCUT2D eigenvalue weighted by molar-refractivity contribution is 5.26. The topological polar surface area (TPSA) is 29.9 Å². The zero-order chi connectivity index (χ0) is 15.2. The van der Waals surface area contributed by atoms with Gasteiger partial charge in [-0.25, -0.2) is 0 Å². The minimum atomic E-state index is 0.429. The van der Waals surface area contributed by atoms with Gasteiger partial charge in [0, 0.05) is 12.2 Å². The molecule has 2 aromatic rings. The van der Waals surface area contributed by atoms with Crippen LogP contribution in [-0.4, -0.2) is 23.4 Å². The predicted octanol–water partition coefficient (Wildman–Crippen LogP) is 3.39. The Labute approximate surface area is 128 Å². The third kappa shape index (κ3) is 4.43. The van der Waals surface area contributed by atoms with Crippen LogP contribution in [0.1, 0.15) is 36.7 Å². The molecule has 21 heavy (non-hydrogen) atoms. The Morgan fingerprint density at radius 3 is 2.52 bits per heavy atom. The summed E-state index contributed by atoms with van der Waals surface area (Å²) in [7, 11) is 2.03. The third-order valence-corrected chi connectivity index (χ3v) is 3.95. The Hall–Kier alpha value is -1.61. The molecule has 0 aliphatic carbocycles. The maximum Gasteiger partial charge on any atom is 0.0628 e. The molecule has 0 fully saturated rings. The number of aromatic nitrogens is 2. The van der Waals surface area contributed by atoms with Crippen molar-refractivity contribution in [1.82, 2.24) is 15.1 Å². The van der Waals surface area contributed by atoms with Crippen molar-refractivity contribution in [3.8, 4) is 0 Å². The Bertz CT molecular complexity index is 557. The standard InChI is InChI=1S/C18H27N3/c1-14(2)21-10-9-18(20-21)12-16(13-19-4)11-17-8-6-5-7-15(17)3/h5-10,14,16,19H,11-13H2,1-4H3. The molecule has 1 heterocycles. The van der Waals surface area contributed by atoms with Gasteiger partial charge in [0.1, 0.15) is 0 Å². The summed E-state index contributed by atoms with van der Waals surface area (Å²) in [5.74, 6) is 0.576. The minimum absolute atomic E-state index is 0.429. The first-order valence-electron chi connectivity index (χ1n) is 7.83. The smallest absolute Gasteiger partial charge is 0.0628 e. The molecule has 1 aromatic carbocycles. The van der Waals surface area contributed by atoms with Gasteiger partial charge in [-0.15, -0.1) is 0 Å². The molecule has 0 saturated carbocycles. The van der Waals surface area contributed by atoms with Crippen LogP contribution in [0.25, 0.3) is 0 Å². The van der Waals surface area contributed by atoms with E-state index in [-0.39, 0.29) is 0 Å². The first-order chi connectivity index (χ1) is 10.1. The molecule has 0 spiro atoms. The molecule has 1 aromatic heterocycles. The maximum atomic E-state index is 4.68. The average molecular weight is 285 g/mol. The second-order valence-electron chi connectivity index (χ2n) is 6.14. The lowest BCUT2D eigenvalue weighted by Crippen LogP contribution is -2.23. The average Bonchev–Trinajstić information content (AvgIpc) is 2.90. The third-order valence-electron chi connectivity index (χ3n) is 3.95. The van der Waals surface area contributed by atoms with Crippen LogP contribution < -0.4 is 5.32 Å². The van der Waals surface area contributed by atoms with Crippen LogP contribution in [0.2, 0.25) is 0 Å². The van der Waals surface area contributed by atoms with E-state index in [2.05, 4.69) is 67.7 Å². The van der Waals surface area contributed by atoms with Crippen molar-refractivity contribution < 1.29 is 0 Å². The van der Waals surface area contributed by atoms with Crippen molar-refractivity contribution in [2.75, 3.05) is 13.6 Å². The molecule has 0 saturated heterocycles. The van der Waals surface area contributed by atoms with Crippen LogP contribution in [-0.2, 0) is 12.8 Å². The number of nitrogens with one attached hydrogen (secondary N) is 1. The van der Waals surface area contributed by atoms with E-state index in [4.69, 9.17) is 0 Å². The number of hydrogen-bond donors (Lipinski definition) is 1. The molecule has 2 rings (SSSR count). The molecule has 0 amide bonds. The van der Waals surface area contributed by atoms with Crippen LogP contribution in [0.3, 0.4) is 0 Å². The summed E-state index contributed by atoms with van der Waals surface area (Å²) in [6, 6.07) is 11.3. The van der Waals surface area contributed by atoms with Gasteiger partial charge in [-0.05, 0) is 70.3 Å². The van der Waals surface area contributed by atoms with Gasteiger partial charge in [-0.3, -0.25) is 4.68 Å².